The molecule has 1 amide bonds. The van der Waals surface area contributed by atoms with Crippen molar-refractivity contribution < 1.29 is 18.0 Å². The molecule has 0 unspecified atom stereocenters. The lowest BCUT2D eigenvalue weighted by molar-refractivity contribution is 0.102. The van der Waals surface area contributed by atoms with Crippen LogP contribution in [0.5, 0.6) is 0 Å². The smallest absolute Gasteiger partial charge is 0.257 e. The number of hydrogen-bond donors (Lipinski definition) is 1. The third-order valence-corrected chi connectivity index (χ3v) is 4.39. The molecule has 0 saturated heterocycles. The molecule has 2 aromatic carbocycles. The molecule has 0 radical (unpaired) electrons. The number of halogens is 3. The van der Waals surface area contributed by atoms with E-state index in [9.17, 15) is 18.0 Å². The highest BCUT2D eigenvalue weighted by Gasteiger charge is 2.27. The van der Waals surface area contributed by atoms with Gasteiger partial charge in [0.1, 0.15) is 0 Å². The molecule has 0 spiro atoms. The minimum absolute atomic E-state index is 0.301. The van der Waals surface area contributed by atoms with E-state index in [2.05, 4.69) is 10.4 Å². The first-order valence-corrected chi connectivity index (χ1v) is 7.87. The summed E-state index contributed by atoms with van der Waals surface area (Å²) >= 11 is 0. The van der Waals surface area contributed by atoms with E-state index in [4.69, 9.17) is 0 Å². The Morgan fingerprint density at radius 1 is 1.20 bits per heavy atom. The van der Waals surface area contributed by atoms with Gasteiger partial charge in [0.05, 0.1) is 5.52 Å². The van der Waals surface area contributed by atoms with Crippen molar-refractivity contribution in [3.05, 3.63) is 58.9 Å². The fraction of sp³-hybridized carbons (Fsp3) is 0.222. The van der Waals surface area contributed by atoms with E-state index in [1.165, 1.54) is 5.56 Å². The second-order valence-electron chi connectivity index (χ2n) is 6.20. The number of amides is 1. The summed E-state index contributed by atoms with van der Waals surface area (Å²) in [5, 5.41) is 7.62. The van der Waals surface area contributed by atoms with Gasteiger partial charge in [0.25, 0.3) is 5.91 Å². The maximum Gasteiger partial charge on any atom is 0.257 e. The predicted molar refractivity (Wildman–Crippen MR) is 87.0 cm³/mol. The third kappa shape index (κ3) is 2.65. The second-order valence-corrected chi connectivity index (χ2v) is 6.20. The van der Waals surface area contributed by atoms with E-state index in [0.29, 0.717) is 23.9 Å². The third-order valence-electron chi connectivity index (χ3n) is 4.39. The molecule has 1 aliphatic carbocycles. The maximum absolute atomic E-state index is 13.3. The Labute approximate surface area is 141 Å². The number of hydrogen-bond acceptors (Lipinski definition) is 2. The summed E-state index contributed by atoms with van der Waals surface area (Å²) in [6, 6.07) is 7.08. The van der Waals surface area contributed by atoms with Crippen LogP contribution in [-0.2, 0) is 7.05 Å². The van der Waals surface area contributed by atoms with Gasteiger partial charge in [0.2, 0.25) is 0 Å². The summed E-state index contributed by atoms with van der Waals surface area (Å²) in [7, 11) is 1.78. The molecule has 3 aromatic rings. The first kappa shape index (κ1) is 15.7. The Kier molecular flexibility index (Phi) is 3.52. The molecule has 1 saturated carbocycles. The van der Waals surface area contributed by atoms with Gasteiger partial charge in [-0.05, 0) is 42.5 Å². The van der Waals surface area contributed by atoms with Crippen molar-refractivity contribution in [2.75, 3.05) is 5.32 Å². The van der Waals surface area contributed by atoms with Gasteiger partial charge >= 0.3 is 0 Å². The second kappa shape index (κ2) is 5.61. The molecule has 1 aromatic heterocycles. The molecule has 128 valence electrons. The van der Waals surface area contributed by atoms with Crippen LogP contribution in [0.15, 0.2) is 30.3 Å². The van der Waals surface area contributed by atoms with Crippen molar-refractivity contribution in [1.82, 2.24) is 9.78 Å². The molecule has 0 bridgehead atoms. The molecule has 1 heterocycles. The Balaban J connectivity index is 1.71. The van der Waals surface area contributed by atoms with Gasteiger partial charge in [-0.2, -0.15) is 5.10 Å². The lowest BCUT2D eigenvalue weighted by Crippen LogP contribution is -2.14. The molecule has 4 rings (SSSR count). The summed E-state index contributed by atoms with van der Waals surface area (Å²) in [5.74, 6) is -4.37. The first-order chi connectivity index (χ1) is 12.0. The predicted octanol–water partition coefficient (Wildman–Crippen LogP) is 4.12. The molecule has 1 aliphatic rings. The lowest BCUT2D eigenvalue weighted by Gasteiger charge is -2.05. The van der Waals surface area contributed by atoms with Crippen LogP contribution in [0.25, 0.3) is 10.9 Å². The maximum atomic E-state index is 13.3. The summed E-state index contributed by atoms with van der Waals surface area (Å²) in [6.07, 6.45) is 2.25. The topological polar surface area (TPSA) is 46.9 Å². The number of carbonyl (C=O) groups excluding carboxylic acids is 1. The number of aryl methyl sites for hydroxylation is 1. The van der Waals surface area contributed by atoms with Crippen molar-refractivity contribution in [2.45, 2.75) is 18.8 Å². The van der Waals surface area contributed by atoms with Crippen LogP contribution in [0.2, 0.25) is 0 Å². The number of benzene rings is 2. The largest absolute Gasteiger partial charge is 0.305 e. The van der Waals surface area contributed by atoms with Crippen LogP contribution >= 0.6 is 0 Å². The van der Waals surface area contributed by atoms with Gasteiger partial charge in [-0.3, -0.25) is 9.48 Å². The van der Waals surface area contributed by atoms with Crippen molar-refractivity contribution >= 4 is 22.6 Å². The number of nitrogens with zero attached hydrogens (tertiary/aromatic N) is 2. The standard InChI is InChI=1S/C18H14F3N3O/c1-24-16-11(9-5-6-9)3-2-4-12(16)17(23-24)22-18(25)10-7-13(19)15(21)14(20)8-10/h2-4,7-9H,5-6H2,1H3,(H,22,23,25). The van der Waals surface area contributed by atoms with E-state index >= 15 is 0 Å². The zero-order valence-electron chi connectivity index (χ0n) is 13.3. The van der Waals surface area contributed by atoms with E-state index in [-0.39, 0.29) is 5.56 Å². The normalized spacial score (nSPS) is 14.1. The highest BCUT2D eigenvalue weighted by Crippen LogP contribution is 2.43. The van der Waals surface area contributed by atoms with Crippen molar-refractivity contribution in [3.63, 3.8) is 0 Å². The van der Waals surface area contributed by atoms with Crippen LogP contribution in [-0.4, -0.2) is 15.7 Å². The molecule has 1 fully saturated rings. The van der Waals surface area contributed by atoms with Gasteiger partial charge in [0.15, 0.2) is 23.3 Å². The first-order valence-electron chi connectivity index (χ1n) is 7.87. The van der Waals surface area contributed by atoms with Crippen LogP contribution in [0, 0.1) is 17.5 Å². The molecule has 4 nitrogen and oxygen atoms in total. The van der Waals surface area contributed by atoms with Crippen molar-refractivity contribution in [1.29, 1.82) is 0 Å². The number of anilines is 1. The minimum atomic E-state index is -1.60. The molecule has 0 aliphatic heterocycles. The van der Waals surface area contributed by atoms with Gasteiger partial charge < -0.3 is 5.32 Å². The Morgan fingerprint density at radius 3 is 2.52 bits per heavy atom. The summed E-state index contributed by atoms with van der Waals surface area (Å²) in [5.41, 5.74) is 1.79. The van der Waals surface area contributed by atoms with Crippen LogP contribution in [0.1, 0.15) is 34.7 Å². The van der Waals surface area contributed by atoms with Gasteiger partial charge in [-0.25, -0.2) is 13.2 Å². The summed E-state index contributed by atoms with van der Waals surface area (Å²) < 4.78 is 41.4. The number of para-hydroxylation sites is 1. The zero-order chi connectivity index (χ0) is 17.7. The SMILES string of the molecule is Cn1nc(NC(=O)c2cc(F)c(F)c(F)c2)c2cccc(C3CC3)c21. The number of fused-ring (bicyclic) bond motifs is 1. The minimum Gasteiger partial charge on any atom is -0.305 e. The Bertz CT molecular complexity index is 985. The van der Waals surface area contributed by atoms with Gasteiger partial charge in [0, 0.05) is 18.0 Å². The van der Waals surface area contributed by atoms with Crippen LogP contribution in [0.4, 0.5) is 19.0 Å². The molecule has 1 N–H and O–H groups in total. The fourth-order valence-corrected chi connectivity index (χ4v) is 3.05. The number of aromatic nitrogens is 2. The molecular formula is C18H14F3N3O. The van der Waals surface area contributed by atoms with Gasteiger partial charge in [-0.15, -0.1) is 0 Å². The highest BCUT2D eigenvalue weighted by molar-refractivity contribution is 6.08. The Hall–Kier alpha value is -2.83. The van der Waals surface area contributed by atoms with Crippen molar-refractivity contribution in [2.24, 2.45) is 7.05 Å². The van der Waals surface area contributed by atoms with E-state index in [0.717, 1.165) is 23.7 Å². The van der Waals surface area contributed by atoms with Crippen molar-refractivity contribution in [3.8, 4) is 0 Å². The average Bonchev–Trinajstić information content (AvgIpc) is 3.38. The molecule has 25 heavy (non-hydrogen) atoms. The average molecular weight is 345 g/mol. The number of nitrogens with one attached hydrogen (secondary N) is 1. The van der Waals surface area contributed by atoms with E-state index < -0.39 is 23.4 Å². The van der Waals surface area contributed by atoms with Crippen LogP contribution in [0.3, 0.4) is 0 Å². The quantitative estimate of drug-likeness (QED) is 0.726. The van der Waals surface area contributed by atoms with E-state index in [1.54, 1.807) is 11.7 Å². The summed E-state index contributed by atoms with van der Waals surface area (Å²) in [4.78, 5) is 12.3. The zero-order valence-corrected chi connectivity index (χ0v) is 13.3. The summed E-state index contributed by atoms with van der Waals surface area (Å²) in [6.45, 7) is 0. The Morgan fingerprint density at radius 2 is 1.88 bits per heavy atom. The van der Waals surface area contributed by atoms with E-state index in [1.807, 2.05) is 18.2 Å². The molecule has 0 atom stereocenters. The number of rotatable bonds is 3. The highest BCUT2D eigenvalue weighted by atomic mass is 19.2. The van der Waals surface area contributed by atoms with Crippen LogP contribution < -0.4 is 5.32 Å². The monoisotopic (exact) mass is 345 g/mol. The van der Waals surface area contributed by atoms with Gasteiger partial charge in [-0.1, -0.05) is 12.1 Å². The molecular weight excluding hydrogens is 331 g/mol. The fourth-order valence-electron chi connectivity index (χ4n) is 3.05. The number of carbonyl (C=O) groups is 1. The lowest BCUT2D eigenvalue weighted by atomic mass is 10.1. The molecule has 7 heteroatoms.